The summed E-state index contributed by atoms with van der Waals surface area (Å²) >= 11 is 0. The maximum Gasteiger partial charge on any atom is 0.191 e. The number of guanidine groups is 1. The molecule has 2 heterocycles. The molecule has 24 heavy (non-hydrogen) atoms. The summed E-state index contributed by atoms with van der Waals surface area (Å²) in [7, 11) is 0. The highest BCUT2D eigenvalue weighted by molar-refractivity contribution is 5.79. The molecule has 0 amide bonds. The first kappa shape index (κ1) is 18.7. The van der Waals surface area contributed by atoms with Crippen molar-refractivity contribution in [2.24, 2.45) is 4.99 Å². The molecule has 5 heteroatoms. The van der Waals surface area contributed by atoms with Crippen LogP contribution in [-0.2, 0) is 6.42 Å². The summed E-state index contributed by atoms with van der Waals surface area (Å²) in [5.41, 5.74) is 1.11. The second-order valence-electron chi connectivity index (χ2n) is 6.65. The standard InChI is InChI=1S/C19H33N5/c1-4-20-19(22-13-11-18-10-5-7-12-21-18)23-15-17(3)24-14-8-6-9-16(24)2/h5,7,10,12,16-17H,4,6,8-9,11,13-15H2,1-3H3,(H2,20,22,23). The minimum absolute atomic E-state index is 0.492. The third-order valence-electron chi connectivity index (χ3n) is 4.68. The van der Waals surface area contributed by atoms with Crippen molar-refractivity contribution in [3.63, 3.8) is 0 Å². The maximum absolute atomic E-state index is 4.79. The first-order chi connectivity index (χ1) is 11.7. The Morgan fingerprint density at radius 2 is 2.25 bits per heavy atom. The molecule has 0 bridgehead atoms. The molecule has 2 N–H and O–H groups in total. The van der Waals surface area contributed by atoms with Gasteiger partial charge in [-0.15, -0.1) is 0 Å². The van der Waals surface area contributed by atoms with Gasteiger partial charge in [-0.3, -0.25) is 14.9 Å². The maximum atomic E-state index is 4.79. The van der Waals surface area contributed by atoms with E-state index in [2.05, 4.69) is 47.4 Å². The van der Waals surface area contributed by atoms with Crippen LogP contribution in [0, 0.1) is 0 Å². The minimum Gasteiger partial charge on any atom is -0.357 e. The summed E-state index contributed by atoms with van der Waals surface area (Å²) in [6.45, 7) is 10.5. The normalized spacial score (nSPS) is 20.6. The highest BCUT2D eigenvalue weighted by Crippen LogP contribution is 2.19. The van der Waals surface area contributed by atoms with E-state index in [1.54, 1.807) is 0 Å². The number of nitrogens with zero attached hydrogens (tertiary/aromatic N) is 3. The molecule has 1 fully saturated rings. The quantitative estimate of drug-likeness (QED) is 0.595. The monoisotopic (exact) mass is 331 g/mol. The lowest BCUT2D eigenvalue weighted by Gasteiger charge is -2.37. The Morgan fingerprint density at radius 1 is 1.38 bits per heavy atom. The molecule has 0 aliphatic carbocycles. The van der Waals surface area contributed by atoms with Gasteiger partial charge in [0.05, 0.1) is 6.54 Å². The lowest BCUT2D eigenvalue weighted by molar-refractivity contribution is 0.118. The Bertz CT molecular complexity index is 488. The van der Waals surface area contributed by atoms with Crippen LogP contribution in [-0.4, -0.2) is 54.1 Å². The van der Waals surface area contributed by atoms with Crippen molar-refractivity contribution in [2.75, 3.05) is 26.2 Å². The van der Waals surface area contributed by atoms with Crippen LogP contribution in [0.1, 0.15) is 45.7 Å². The molecule has 2 atom stereocenters. The summed E-state index contributed by atoms with van der Waals surface area (Å²) in [6, 6.07) is 7.22. The van der Waals surface area contributed by atoms with Crippen molar-refractivity contribution in [1.82, 2.24) is 20.5 Å². The molecule has 134 valence electrons. The van der Waals surface area contributed by atoms with Gasteiger partial charge in [-0.25, -0.2) is 0 Å². The number of aromatic nitrogens is 1. The molecular formula is C19H33N5. The Balaban J connectivity index is 1.80. The van der Waals surface area contributed by atoms with Gasteiger partial charge in [0, 0.05) is 43.5 Å². The Kier molecular flexibility index (Phi) is 8.02. The predicted molar refractivity (Wildman–Crippen MR) is 101 cm³/mol. The predicted octanol–water partition coefficient (Wildman–Crippen LogP) is 2.44. The number of nitrogens with one attached hydrogen (secondary N) is 2. The fraction of sp³-hybridized carbons (Fsp3) is 0.684. The van der Waals surface area contributed by atoms with E-state index in [1.165, 1.54) is 25.8 Å². The van der Waals surface area contributed by atoms with Gasteiger partial charge in [-0.1, -0.05) is 12.5 Å². The number of hydrogen-bond acceptors (Lipinski definition) is 3. The van der Waals surface area contributed by atoms with Crippen LogP contribution in [0.2, 0.25) is 0 Å². The van der Waals surface area contributed by atoms with Crippen molar-refractivity contribution in [2.45, 2.75) is 58.5 Å². The van der Waals surface area contributed by atoms with Crippen LogP contribution < -0.4 is 10.6 Å². The zero-order valence-electron chi connectivity index (χ0n) is 15.5. The van der Waals surface area contributed by atoms with Gasteiger partial charge in [-0.05, 0) is 52.3 Å². The van der Waals surface area contributed by atoms with E-state index in [9.17, 15) is 0 Å². The number of rotatable bonds is 7. The van der Waals surface area contributed by atoms with E-state index in [0.717, 1.165) is 37.7 Å². The van der Waals surface area contributed by atoms with Gasteiger partial charge in [0.2, 0.25) is 0 Å². The molecular weight excluding hydrogens is 298 g/mol. The van der Waals surface area contributed by atoms with E-state index in [0.29, 0.717) is 12.1 Å². The molecule has 1 aromatic rings. The number of pyridine rings is 1. The zero-order valence-corrected chi connectivity index (χ0v) is 15.5. The SMILES string of the molecule is CCNC(=NCC(C)N1CCCCC1C)NCCc1ccccn1. The highest BCUT2D eigenvalue weighted by atomic mass is 15.2. The van der Waals surface area contributed by atoms with Crippen molar-refractivity contribution in [1.29, 1.82) is 0 Å². The average Bonchev–Trinajstić information content (AvgIpc) is 2.60. The highest BCUT2D eigenvalue weighted by Gasteiger charge is 2.22. The number of hydrogen-bond donors (Lipinski definition) is 2. The van der Waals surface area contributed by atoms with Gasteiger partial charge in [0.1, 0.15) is 0 Å². The van der Waals surface area contributed by atoms with Gasteiger partial charge in [0.25, 0.3) is 0 Å². The summed E-state index contributed by atoms with van der Waals surface area (Å²) in [5.74, 6) is 0.907. The van der Waals surface area contributed by atoms with E-state index >= 15 is 0 Å². The van der Waals surface area contributed by atoms with E-state index < -0.39 is 0 Å². The molecule has 2 rings (SSSR count). The average molecular weight is 332 g/mol. The second-order valence-corrected chi connectivity index (χ2v) is 6.65. The molecule has 1 aromatic heterocycles. The second kappa shape index (κ2) is 10.3. The van der Waals surface area contributed by atoms with Crippen LogP contribution in [0.5, 0.6) is 0 Å². The van der Waals surface area contributed by atoms with Crippen molar-refractivity contribution >= 4 is 5.96 Å². The van der Waals surface area contributed by atoms with Crippen LogP contribution in [0.15, 0.2) is 29.4 Å². The minimum atomic E-state index is 0.492. The Labute approximate surface area is 147 Å². The lowest BCUT2D eigenvalue weighted by Crippen LogP contribution is -2.45. The third-order valence-corrected chi connectivity index (χ3v) is 4.68. The van der Waals surface area contributed by atoms with Gasteiger partial charge in [-0.2, -0.15) is 0 Å². The molecule has 1 aliphatic rings. The van der Waals surface area contributed by atoms with Crippen LogP contribution in [0.4, 0.5) is 0 Å². The Hall–Kier alpha value is -1.62. The fourth-order valence-electron chi connectivity index (χ4n) is 3.30. The number of aliphatic imine (C=N–C) groups is 1. The number of piperidine rings is 1. The van der Waals surface area contributed by atoms with Crippen LogP contribution >= 0.6 is 0 Å². The molecule has 5 nitrogen and oxygen atoms in total. The molecule has 1 saturated heterocycles. The van der Waals surface area contributed by atoms with Crippen molar-refractivity contribution in [3.05, 3.63) is 30.1 Å². The largest absolute Gasteiger partial charge is 0.357 e. The van der Waals surface area contributed by atoms with Crippen LogP contribution in [0.25, 0.3) is 0 Å². The van der Waals surface area contributed by atoms with Crippen molar-refractivity contribution in [3.8, 4) is 0 Å². The first-order valence-corrected chi connectivity index (χ1v) is 9.38. The Morgan fingerprint density at radius 3 is 2.96 bits per heavy atom. The topological polar surface area (TPSA) is 52.6 Å². The van der Waals surface area contributed by atoms with Crippen LogP contribution in [0.3, 0.4) is 0 Å². The summed E-state index contributed by atoms with van der Waals surface area (Å²) < 4.78 is 0. The molecule has 0 radical (unpaired) electrons. The summed E-state index contributed by atoms with van der Waals surface area (Å²) in [6.07, 6.45) is 6.75. The molecule has 0 saturated carbocycles. The zero-order chi connectivity index (χ0) is 17.2. The van der Waals surface area contributed by atoms with E-state index in [4.69, 9.17) is 4.99 Å². The van der Waals surface area contributed by atoms with Gasteiger partial charge >= 0.3 is 0 Å². The third kappa shape index (κ3) is 6.11. The van der Waals surface area contributed by atoms with Gasteiger partial charge in [0.15, 0.2) is 5.96 Å². The summed E-state index contributed by atoms with van der Waals surface area (Å²) in [5, 5.41) is 6.76. The smallest absolute Gasteiger partial charge is 0.191 e. The molecule has 0 spiro atoms. The number of likely N-dealkylation sites (tertiary alicyclic amines) is 1. The molecule has 1 aliphatic heterocycles. The van der Waals surface area contributed by atoms with E-state index in [-0.39, 0.29) is 0 Å². The first-order valence-electron chi connectivity index (χ1n) is 9.38. The summed E-state index contributed by atoms with van der Waals surface area (Å²) in [4.78, 5) is 11.7. The lowest BCUT2D eigenvalue weighted by atomic mass is 10.0. The van der Waals surface area contributed by atoms with Gasteiger partial charge < -0.3 is 10.6 Å². The molecule has 0 aromatic carbocycles. The fourth-order valence-corrected chi connectivity index (χ4v) is 3.30. The molecule has 2 unspecified atom stereocenters. The van der Waals surface area contributed by atoms with E-state index in [1.807, 2.05) is 18.3 Å². The van der Waals surface area contributed by atoms with Crippen molar-refractivity contribution < 1.29 is 0 Å².